The molecular formula is C14H10FNS. The van der Waals surface area contributed by atoms with E-state index in [0.717, 1.165) is 5.56 Å². The Bertz CT molecular complexity index is 543. The minimum absolute atomic E-state index is 0.189. The summed E-state index contributed by atoms with van der Waals surface area (Å²) in [5.74, 6) is 0.512. The standard InChI is InChI=1S/C14H10FNS/c15-13-3-1-2-4-14(13)17-10-12-7-5-11(9-16)6-8-12/h1-8H,10H2. The molecule has 0 atom stereocenters. The molecule has 0 heterocycles. The predicted molar refractivity (Wildman–Crippen MR) is 67.1 cm³/mol. The highest BCUT2D eigenvalue weighted by atomic mass is 32.2. The summed E-state index contributed by atoms with van der Waals surface area (Å²) in [6.45, 7) is 0. The Labute approximate surface area is 104 Å². The molecule has 0 radical (unpaired) electrons. The third kappa shape index (κ3) is 3.08. The average Bonchev–Trinajstić information content (AvgIpc) is 2.38. The second-order valence-corrected chi connectivity index (χ2v) is 4.55. The second kappa shape index (κ2) is 5.51. The lowest BCUT2D eigenvalue weighted by Gasteiger charge is -2.03. The molecule has 0 amide bonds. The van der Waals surface area contributed by atoms with Crippen LogP contribution in [0.3, 0.4) is 0 Å². The minimum Gasteiger partial charge on any atom is -0.206 e. The Kier molecular flexibility index (Phi) is 3.79. The van der Waals surface area contributed by atoms with Crippen LogP contribution < -0.4 is 0 Å². The number of thioether (sulfide) groups is 1. The summed E-state index contributed by atoms with van der Waals surface area (Å²) in [6, 6.07) is 16.1. The number of hydrogen-bond donors (Lipinski definition) is 0. The van der Waals surface area contributed by atoms with Crippen molar-refractivity contribution in [3.63, 3.8) is 0 Å². The van der Waals surface area contributed by atoms with Crippen molar-refractivity contribution >= 4 is 11.8 Å². The van der Waals surface area contributed by atoms with Gasteiger partial charge in [0.15, 0.2) is 0 Å². The van der Waals surface area contributed by atoms with Gasteiger partial charge in [0.2, 0.25) is 0 Å². The Morgan fingerprint density at radius 2 is 1.76 bits per heavy atom. The number of nitriles is 1. The fourth-order valence-corrected chi connectivity index (χ4v) is 2.29. The molecule has 0 N–H and O–H groups in total. The first kappa shape index (κ1) is 11.7. The zero-order chi connectivity index (χ0) is 12.1. The van der Waals surface area contributed by atoms with Gasteiger partial charge in [0.25, 0.3) is 0 Å². The number of halogens is 1. The quantitative estimate of drug-likeness (QED) is 0.761. The highest BCUT2D eigenvalue weighted by molar-refractivity contribution is 7.98. The van der Waals surface area contributed by atoms with E-state index in [1.165, 1.54) is 17.8 Å². The van der Waals surface area contributed by atoms with E-state index in [9.17, 15) is 4.39 Å². The Hall–Kier alpha value is -1.79. The fraction of sp³-hybridized carbons (Fsp3) is 0.0714. The van der Waals surface area contributed by atoms with Crippen LogP contribution in [-0.4, -0.2) is 0 Å². The van der Waals surface area contributed by atoms with Crippen molar-refractivity contribution < 1.29 is 4.39 Å². The molecule has 2 aromatic carbocycles. The van der Waals surface area contributed by atoms with Crippen molar-refractivity contribution in [2.45, 2.75) is 10.6 Å². The van der Waals surface area contributed by atoms with Gasteiger partial charge in [0, 0.05) is 10.6 Å². The zero-order valence-corrected chi connectivity index (χ0v) is 9.88. The lowest BCUT2D eigenvalue weighted by molar-refractivity contribution is 0.602. The monoisotopic (exact) mass is 243 g/mol. The van der Waals surface area contributed by atoms with Crippen LogP contribution in [0.2, 0.25) is 0 Å². The first-order chi connectivity index (χ1) is 8.29. The molecule has 0 aliphatic carbocycles. The largest absolute Gasteiger partial charge is 0.206 e. The Balaban J connectivity index is 2.03. The van der Waals surface area contributed by atoms with Crippen LogP contribution in [0.4, 0.5) is 4.39 Å². The highest BCUT2D eigenvalue weighted by Crippen LogP contribution is 2.25. The van der Waals surface area contributed by atoms with Gasteiger partial charge in [0.1, 0.15) is 5.82 Å². The van der Waals surface area contributed by atoms with E-state index >= 15 is 0 Å². The SMILES string of the molecule is N#Cc1ccc(CSc2ccccc2F)cc1. The lowest BCUT2D eigenvalue weighted by Crippen LogP contribution is -1.84. The highest BCUT2D eigenvalue weighted by Gasteiger charge is 2.01. The topological polar surface area (TPSA) is 23.8 Å². The van der Waals surface area contributed by atoms with Gasteiger partial charge in [-0.1, -0.05) is 24.3 Å². The minimum atomic E-state index is -0.189. The Morgan fingerprint density at radius 3 is 2.41 bits per heavy atom. The summed E-state index contributed by atoms with van der Waals surface area (Å²) in [5, 5.41) is 8.67. The lowest BCUT2D eigenvalue weighted by atomic mass is 10.2. The van der Waals surface area contributed by atoms with Gasteiger partial charge in [-0.05, 0) is 29.8 Å². The van der Waals surface area contributed by atoms with Crippen LogP contribution in [0.25, 0.3) is 0 Å². The average molecular weight is 243 g/mol. The molecule has 0 bridgehead atoms. The van der Waals surface area contributed by atoms with Gasteiger partial charge >= 0.3 is 0 Å². The first-order valence-corrected chi connectivity index (χ1v) is 6.14. The molecule has 17 heavy (non-hydrogen) atoms. The summed E-state index contributed by atoms with van der Waals surface area (Å²) in [6.07, 6.45) is 0. The molecule has 0 saturated carbocycles. The van der Waals surface area contributed by atoms with Crippen molar-refractivity contribution in [1.82, 2.24) is 0 Å². The van der Waals surface area contributed by atoms with Crippen molar-refractivity contribution in [2.24, 2.45) is 0 Å². The molecular weight excluding hydrogens is 233 g/mol. The van der Waals surface area contributed by atoms with Crippen LogP contribution in [0.1, 0.15) is 11.1 Å². The van der Waals surface area contributed by atoms with E-state index in [-0.39, 0.29) is 5.82 Å². The molecule has 0 unspecified atom stereocenters. The van der Waals surface area contributed by atoms with E-state index < -0.39 is 0 Å². The van der Waals surface area contributed by atoms with Crippen LogP contribution >= 0.6 is 11.8 Å². The van der Waals surface area contributed by atoms with Gasteiger partial charge in [0.05, 0.1) is 11.6 Å². The second-order valence-electron chi connectivity index (χ2n) is 3.53. The maximum Gasteiger partial charge on any atom is 0.136 e. The molecule has 0 aromatic heterocycles. The molecule has 84 valence electrons. The summed E-state index contributed by atoms with van der Waals surface area (Å²) in [7, 11) is 0. The van der Waals surface area contributed by atoms with E-state index in [2.05, 4.69) is 6.07 Å². The number of benzene rings is 2. The summed E-state index contributed by atoms with van der Waals surface area (Å²) in [5.41, 5.74) is 1.72. The molecule has 0 spiro atoms. The summed E-state index contributed by atoms with van der Waals surface area (Å²) < 4.78 is 13.3. The molecule has 3 heteroatoms. The van der Waals surface area contributed by atoms with Gasteiger partial charge in [-0.3, -0.25) is 0 Å². The van der Waals surface area contributed by atoms with Gasteiger partial charge in [-0.25, -0.2) is 4.39 Å². The van der Waals surface area contributed by atoms with Crippen molar-refractivity contribution in [2.75, 3.05) is 0 Å². The first-order valence-electron chi connectivity index (χ1n) is 5.16. The van der Waals surface area contributed by atoms with E-state index in [4.69, 9.17) is 5.26 Å². The van der Waals surface area contributed by atoms with Crippen molar-refractivity contribution in [3.8, 4) is 6.07 Å². The molecule has 0 aliphatic heterocycles. The molecule has 1 nitrogen and oxygen atoms in total. The van der Waals surface area contributed by atoms with Gasteiger partial charge in [-0.2, -0.15) is 5.26 Å². The number of hydrogen-bond acceptors (Lipinski definition) is 2. The maximum atomic E-state index is 13.3. The zero-order valence-electron chi connectivity index (χ0n) is 9.06. The smallest absolute Gasteiger partial charge is 0.136 e. The molecule has 2 rings (SSSR count). The number of nitrogens with zero attached hydrogens (tertiary/aromatic N) is 1. The Morgan fingerprint density at radius 1 is 1.06 bits per heavy atom. The summed E-state index contributed by atoms with van der Waals surface area (Å²) in [4.78, 5) is 0.650. The van der Waals surface area contributed by atoms with Crippen molar-refractivity contribution in [1.29, 1.82) is 5.26 Å². The third-order valence-electron chi connectivity index (χ3n) is 2.31. The van der Waals surface area contributed by atoms with Crippen molar-refractivity contribution in [3.05, 3.63) is 65.5 Å². The molecule has 0 fully saturated rings. The molecule has 0 aliphatic rings. The maximum absolute atomic E-state index is 13.3. The number of rotatable bonds is 3. The van der Waals surface area contributed by atoms with Crippen LogP contribution in [0, 0.1) is 17.1 Å². The van der Waals surface area contributed by atoms with Crippen LogP contribution in [0.5, 0.6) is 0 Å². The fourth-order valence-electron chi connectivity index (χ4n) is 1.40. The van der Waals surface area contributed by atoms with Gasteiger partial charge in [-0.15, -0.1) is 11.8 Å². The molecule has 2 aromatic rings. The van der Waals surface area contributed by atoms with Crippen LogP contribution in [0.15, 0.2) is 53.4 Å². The van der Waals surface area contributed by atoms with E-state index in [1.54, 1.807) is 24.3 Å². The third-order valence-corrected chi connectivity index (χ3v) is 3.43. The van der Waals surface area contributed by atoms with E-state index in [0.29, 0.717) is 16.2 Å². The predicted octanol–water partition coefficient (Wildman–Crippen LogP) is 3.99. The molecule has 0 saturated heterocycles. The van der Waals surface area contributed by atoms with E-state index in [1.807, 2.05) is 18.2 Å². The summed E-state index contributed by atoms with van der Waals surface area (Å²) >= 11 is 1.46. The van der Waals surface area contributed by atoms with Crippen LogP contribution in [-0.2, 0) is 5.75 Å². The van der Waals surface area contributed by atoms with Gasteiger partial charge < -0.3 is 0 Å². The normalized spacial score (nSPS) is 9.88.